The van der Waals surface area contributed by atoms with Gasteiger partial charge in [0, 0.05) is 24.4 Å². The molecule has 3 heteroatoms. The summed E-state index contributed by atoms with van der Waals surface area (Å²) in [6.07, 6.45) is 1.77. The van der Waals surface area contributed by atoms with Gasteiger partial charge in [-0.3, -0.25) is 4.57 Å². The summed E-state index contributed by atoms with van der Waals surface area (Å²) in [6, 6.07) is 0. The van der Waals surface area contributed by atoms with E-state index >= 15 is 0 Å². The van der Waals surface area contributed by atoms with Crippen molar-refractivity contribution in [2.45, 2.75) is 26.2 Å². The summed E-state index contributed by atoms with van der Waals surface area (Å²) in [5.41, 5.74) is 1.02. The lowest BCUT2D eigenvalue weighted by Crippen LogP contribution is -2.21. The maximum absolute atomic E-state index is 11.0. The van der Waals surface area contributed by atoms with Crippen LogP contribution in [-0.4, -0.2) is 9.55 Å². The van der Waals surface area contributed by atoms with Gasteiger partial charge in [0.1, 0.15) is 0 Å². The zero-order valence-corrected chi connectivity index (χ0v) is 7.43. The maximum Gasteiger partial charge on any atom is 0.325 e. The normalized spacial score (nSPS) is 12.0. The third kappa shape index (κ3) is 1.37. The van der Waals surface area contributed by atoms with Crippen LogP contribution in [0.4, 0.5) is 0 Å². The van der Waals surface area contributed by atoms with Gasteiger partial charge in [-0.05, 0) is 0 Å². The van der Waals surface area contributed by atoms with Crippen molar-refractivity contribution in [2.75, 3.05) is 0 Å². The molecule has 0 saturated carbocycles. The SMILES string of the molecule is Cn1c(C(C)(C)C)c[nH]c1=O. The largest absolute Gasteiger partial charge is 0.325 e. The number of aromatic amines is 1. The molecule has 0 aliphatic heterocycles. The Balaban J connectivity index is 3.26. The van der Waals surface area contributed by atoms with E-state index in [4.69, 9.17) is 0 Å². The molecule has 0 unspecified atom stereocenters. The lowest BCUT2D eigenvalue weighted by atomic mass is 9.93. The predicted octanol–water partition coefficient (Wildman–Crippen LogP) is 1.01. The number of nitrogens with one attached hydrogen (secondary N) is 1. The summed E-state index contributed by atoms with van der Waals surface area (Å²) in [7, 11) is 1.78. The molecule has 0 amide bonds. The molecule has 0 fully saturated rings. The number of hydrogen-bond acceptors (Lipinski definition) is 1. The molecule has 0 aromatic carbocycles. The first-order chi connectivity index (χ1) is 4.93. The number of hydrogen-bond donors (Lipinski definition) is 1. The smallest absolute Gasteiger partial charge is 0.312 e. The van der Waals surface area contributed by atoms with Crippen LogP contribution in [0.1, 0.15) is 26.5 Å². The molecule has 0 atom stereocenters. The molecule has 1 aromatic heterocycles. The lowest BCUT2D eigenvalue weighted by molar-refractivity contribution is 0.539. The summed E-state index contributed by atoms with van der Waals surface area (Å²) >= 11 is 0. The van der Waals surface area contributed by atoms with Crippen LogP contribution in [0.25, 0.3) is 0 Å². The molecule has 1 aromatic rings. The molecule has 0 bridgehead atoms. The van der Waals surface area contributed by atoms with Crippen molar-refractivity contribution in [3.05, 3.63) is 22.4 Å². The highest BCUT2D eigenvalue weighted by molar-refractivity contribution is 5.09. The Kier molecular flexibility index (Phi) is 1.66. The summed E-state index contributed by atoms with van der Waals surface area (Å²) in [6.45, 7) is 6.24. The second-order valence-electron chi connectivity index (χ2n) is 3.79. The first-order valence-electron chi connectivity index (χ1n) is 3.68. The number of rotatable bonds is 0. The average molecular weight is 154 g/mol. The van der Waals surface area contributed by atoms with Crippen LogP contribution in [0.5, 0.6) is 0 Å². The second-order valence-corrected chi connectivity index (χ2v) is 3.79. The van der Waals surface area contributed by atoms with E-state index in [9.17, 15) is 4.79 Å². The van der Waals surface area contributed by atoms with Crippen molar-refractivity contribution in [3.63, 3.8) is 0 Å². The minimum absolute atomic E-state index is 0.0356. The van der Waals surface area contributed by atoms with Crippen LogP contribution < -0.4 is 5.69 Å². The molecule has 0 saturated heterocycles. The van der Waals surface area contributed by atoms with Crippen molar-refractivity contribution < 1.29 is 0 Å². The first-order valence-corrected chi connectivity index (χ1v) is 3.68. The minimum Gasteiger partial charge on any atom is -0.312 e. The minimum atomic E-state index is -0.0464. The number of aromatic nitrogens is 2. The third-order valence-corrected chi connectivity index (χ3v) is 1.77. The van der Waals surface area contributed by atoms with E-state index in [1.165, 1.54) is 0 Å². The molecule has 62 valence electrons. The third-order valence-electron chi connectivity index (χ3n) is 1.77. The Bertz CT molecular complexity index is 301. The van der Waals surface area contributed by atoms with Gasteiger partial charge in [0.15, 0.2) is 0 Å². The van der Waals surface area contributed by atoms with Crippen LogP contribution in [0.3, 0.4) is 0 Å². The molecule has 1 N–H and O–H groups in total. The van der Waals surface area contributed by atoms with Crippen molar-refractivity contribution in [3.8, 4) is 0 Å². The number of nitrogens with zero attached hydrogens (tertiary/aromatic N) is 1. The fourth-order valence-corrected chi connectivity index (χ4v) is 1.15. The zero-order chi connectivity index (χ0) is 8.65. The maximum atomic E-state index is 11.0. The highest BCUT2D eigenvalue weighted by Crippen LogP contribution is 2.18. The van der Waals surface area contributed by atoms with Gasteiger partial charge in [0.05, 0.1) is 0 Å². The van der Waals surface area contributed by atoms with Crippen molar-refractivity contribution in [1.82, 2.24) is 9.55 Å². The van der Waals surface area contributed by atoms with Crippen LogP contribution in [-0.2, 0) is 12.5 Å². The van der Waals surface area contributed by atoms with Crippen LogP contribution in [0, 0.1) is 0 Å². The van der Waals surface area contributed by atoms with Gasteiger partial charge in [0.2, 0.25) is 0 Å². The van der Waals surface area contributed by atoms with Gasteiger partial charge in [-0.2, -0.15) is 0 Å². The molecule has 0 spiro atoms. The highest BCUT2D eigenvalue weighted by Gasteiger charge is 2.17. The van der Waals surface area contributed by atoms with E-state index in [0.29, 0.717) is 0 Å². The fraction of sp³-hybridized carbons (Fsp3) is 0.625. The summed E-state index contributed by atoms with van der Waals surface area (Å²) in [4.78, 5) is 13.6. The highest BCUT2D eigenvalue weighted by atomic mass is 16.1. The van der Waals surface area contributed by atoms with Gasteiger partial charge in [-0.1, -0.05) is 20.8 Å². The second kappa shape index (κ2) is 2.26. The summed E-state index contributed by atoms with van der Waals surface area (Å²) in [5, 5.41) is 0. The van der Waals surface area contributed by atoms with E-state index < -0.39 is 0 Å². The van der Waals surface area contributed by atoms with E-state index in [0.717, 1.165) is 5.69 Å². The van der Waals surface area contributed by atoms with Crippen LogP contribution in [0.2, 0.25) is 0 Å². The van der Waals surface area contributed by atoms with Gasteiger partial charge in [-0.25, -0.2) is 4.79 Å². The molecule has 11 heavy (non-hydrogen) atoms. The van der Waals surface area contributed by atoms with Crippen LogP contribution in [0.15, 0.2) is 11.0 Å². The van der Waals surface area contributed by atoms with E-state index in [-0.39, 0.29) is 11.1 Å². The van der Waals surface area contributed by atoms with Gasteiger partial charge in [0.25, 0.3) is 0 Å². The quantitative estimate of drug-likeness (QED) is 0.595. The average Bonchev–Trinajstić information content (AvgIpc) is 2.11. The summed E-state index contributed by atoms with van der Waals surface area (Å²) in [5.74, 6) is 0. The fourth-order valence-electron chi connectivity index (χ4n) is 1.15. The Morgan fingerprint density at radius 3 is 2.18 bits per heavy atom. The molecular weight excluding hydrogens is 140 g/mol. The first kappa shape index (κ1) is 8.11. The molecule has 0 aliphatic carbocycles. The lowest BCUT2D eigenvalue weighted by Gasteiger charge is -2.17. The van der Waals surface area contributed by atoms with Crippen molar-refractivity contribution in [1.29, 1.82) is 0 Å². The Hall–Kier alpha value is -0.990. The molecule has 0 aliphatic rings. The molecule has 0 radical (unpaired) electrons. The molecular formula is C8H14N2O. The monoisotopic (exact) mass is 154 g/mol. The van der Waals surface area contributed by atoms with E-state index in [1.807, 2.05) is 0 Å². The number of H-pyrrole nitrogens is 1. The Labute approximate surface area is 66.1 Å². The van der Waals surface area contributed by atoms with Crippen molar-refractivity contribution >= 4 is 0 Å². The molecule has 3 nitrogen and oxygen atoms in total. The summed E-state index contributed by atoms with van der Waals surface area (Å²) < 4.78 is 1.64. The topological polar surface area (TPSA) is 37.8 Å². The van der Waals surface area contributed by atoms with Crippen molar-refractivity contribution in [2.24, 2.45) is 7.05 Å². The Morgan fingerprint density at radius 2 is 2.00 bits per heavy atom. The van der Waals surface area contributed by atoms with Gasteiger partial charge >= 0.3 is 5.69 Å². The standard InChI is InChI=1S/C8H14N2O/c1-8(2,3)6-5-9-7(11)10(6)4/h5H,1-4H3,(H,9,11). The van der Waals surface area contributed by atoms with Crippen LogP contribution >= 0.6 is 0 Å². The predicted molar refractivity (Wildman–Crippen MR) is 44.7 cm³/mol. The van der Waals surface area contributed by atoms with E-state index in [2.05, 4.69) is 25.8 Å². The zero-order valence-electron chi connectivity index (χ0n) is 7.43. The van der Waals surface area contributed by atoms with Gasteiger partial charge in [-0.15, -0.1) is 0 Å². The molecule has 1 rings (SSSR count). The number of imidazole rings is 1. The molecule has 1 heterocycles. The Morgan fingerprint density at radius 1 is 1.45 bits per heavy atom. The van der Waals surface area contributed by atoms with E-state index in [1.54, 1.807) is 17.8 Å². The van der Waals surface area contributed by atoms with Gasteiger partial charge < -0.3 is 4.98 Å².